The fourth-order valence-electron chi connectivity index (χ4n) is 3.47. The molecular formula is C26H47N7O2S. The van der Waals surface area contributed by atoms with Gasteiger partial charge >= 0.3 is 0 Å². The van der Waals surface area contributed by atoms with Crippen LogP contribution in [0.15, 0.2) is 12.4 Å². The molecule has 3 rings (SSSR count). The second-order valence-corrected chi connectivity index (χ2v) is 12.6. The van der Waals surface area contributed by atoms with E-state index in [1.807, 2.05) is 49.5 Å². The number of hydrogen-bond donors (Lipinski definition) is 0. The molecule has 0 saturated carbocycles. The van der Waals surface area contributed by atoms with Gasteiger partial charge in [0.05, 0.1) is 22.8 Å². The van der Waals surface area contributed by atoms with E-state index < -0.39 is 0 Å². The molecule has 0 aromatic carbocycles. The predicted molar refractivity (Wildman–Crippen MR) is 147 cm³/mol. The lowest BCUT2D eigenvalue weighted by molar-refractivity contribution is -0.140. The Balaban J connectivity index is 0.000000273. The Hall–Kier alpha value is -2.23. The van der Waals surface area contributed by atoms with Gasteiger partial charge in [-0.3, -0.25) is 14.5 Å². The van der Waals surface area contributed by atoms with Crippen molar-refractivity contribution in [2.75, 3.05) is 0 Å². The molecule has 0 N–H and O–H groups in total. The highest BCUT2D eigenvalue weighted by atomic mass is 32.2. The fraction of sp³-hybridized carbons (Fsp3) is 0.769. The zero-order chi connectivity index (χ0) is 27.7. The van der Waals surface area contributed by atoms with Crippen molar-refractivity contribution in [3.05, 3.63) is 23.8 Å². The minimum absolute atomic E-state index is 0.00670. The van der Waals surface area contributed by atoms with Crippen molar-refractivity contribution in [2.24, 2.45) is 0 Å². The van der Waals surface area contributed by atoms with Gasteiger partial charge in [-0.25, -0.2) is 9.36 Å². The zero-order valence-corrected chi connectivity index (χ0v) is 25.1. The van der Waals surface area contributed by atoms with E-state index in [4.69, 9.17) is 0 Å². The Bertz CT molecular complexity index is 903. The van der Waals surface area contributed by atoms with Gasteiger partial charge in [-0.2, -0.15) is 0 Å². The molecule has 204 valence electrons. The summed E-state index contributed by atoms with van der Waals surface area (Å²) in [6.45, 7) is 24.8. The lowest BCUT2D eigenvalue weighted by Gasteiger charge is -2.19. The number of imide groups is 1. The van der Waals surface area contributed by atoms with E-state index in [1.165, 1.54) is 10.6 Å². The van der Waals surface area contributed by atoms with Gasteiger partial charge in [0.15, 0.2) is 0 Å². The van der Waals surface area contributed by atoms with Gasteiger partial charge in [0.1, 0.15) is 0 Å². The molecule has 2 aromatic rings. The van der Waals surface area contributed by atoms with Crippen LogP contribution in [-0.4, -0.2) is 63.2 Å². The Morgan fingerprint density at radius 2 is 1.44 bits per heavy atom. The van der Waals surface area contributed by atoms with Gasteiger partial charge in [0.2, 0.25) is 11.8 Å². The first kappa shape index (κ1) is 31.8. The Morgan fingerprint density at radius 3 is 1.78 bits per heavy atom. The van der Waals surface area contributed by atoms with Crippen molar-refractivity contribution in [2.45, 2.75) is 130 Å². The van der Waals surface area contributed by atoms with Crippen molar-refractivity contribution >= 4 is 23.6 Å². The molecule has 10 heteroatoms. The van der Waals surface area contributed by atoms with E-state index in [0.717, 1.165) is 5.69 Å². The lowest BCUT2D eigenvalue weighted by atomic mass is 10.1. The van der Waals surface area contributed by atoms with Crippen molar-refractivity contribution in [3.63, 3.8) is 0 Å². The molecule has 1 aliphatic rings. The van der Waals surface area contributed by atoms with Crippen LogP contribution < -0.4 is 0 Å². The summed E-state index contributed by atoms with van der Waals surface area (Å²) in [5.74, 6) is 0.946. The number of rotatable bonds is 7. The quantitative estimate of drug-likeness (QED) is 0.435. The predicted octanol–water partition coefficient (Wildman–Crippen LogP) is 5.63. The van der Waals surface area contributed by atoms with Crippen molar-refractivity contribution in [3.8, 4) is 0 Å². The van der Waals surface area contributed by atoms with E-state index in [-0.39, 0.29) is 23.1 Å². The van der Waals surface area contributed by atoms with Crippen molar-refractivity contribution < 1.29 is 9.59 Å². The number of hydrogen-bond acceptors (Lipinski definition) is 7. The summed E-state index contributed by atoms with van der Waals surface area (Å²) >= 11 is 1.58. The minimum Gasteiger partial charge on any atom is -0.279 e. The molecule has 2 aromatic heterocycles. The van der Waals surface area contributed by atoms with Crippen LogP contribution in [0.3, 0.4) is 0 Å². The SMILES string of the molecule is CC(C)SC1CC(=O)N(C(C)C)C1=O.CC(C)c1cn(C(C)C)nn1.CC(C)c1cnnn1C(C)C. The first-order valence-electron chi connectivity index (χ1n) is 13.0. The van der Waals surface area contributed by atoms with Crippen LogP contribution in [-0.2, 0) is 9.59 Å². The lowest BCUT2D eigenvalue weighted by Crippen LogP contribution is -2.37. The van der Waals surface area contributed by atoms with Gasteiger partial charge in [-0.1, -0.05) is 52.0 Å². The molecule has 0 spiro atoms. The summed E-state index contributed by atoms with van der Waals surface area (Å²) < 4.78 is 3.85. The van der Waals surface area contributed by atoms with Gasteiger partial charge in [0.25, 0.3) is 0 Å². The largest absolute Gasteiger partial charge is 0.279 e. The molecule has 1 unspecified atom stereocenters. The van der Waals surface area contributed by atoms with Gasteiger partial charge in [-0.15, -0.1) is 22.0 Å². The summed E-state index contributed by atoms with van der Waals surface area (Å²) in [6.07, 6.45) is 4.22. The second kappa shape index (κ2) is 14.5. The molecule has 0 bridgehead atoms. The fourth-order valence-corrected chi connectivity index (χ4v) is 4.60. The van der Waals surface area contributed by atoms with E-state index in [1.54, 1.807) is 11.8 Å². The maximum Gasteiger partial charge on any atom is 0.243 e. The third-order valence-corrected chi connectivity index (χ3v) is 6.67. The highest BCUT2D eigenvalue weighted by molar-refractivity contribution is 8.01. The molecule has 1 aliphatic heterocycles. The molecule has 1 fully saturated rings. The second-order valence-electron chi connectivity index (χ2n) is 10.8. The van der Waals surface area contributed by atoms with Crippen molar-refractivity contribution in [1.82, 2.24) is 34.9 Å². The molecular weight excluding hydrogens is 474 g/mol. The Labute approximate surface area is 221 Å². The molecule has 1 saturated heterocycles. The molecule has 0 aliphatic carbocycles. The summed E-state index contributed by atoms with van der Waals surface area (Å²) in [6, 6.07) is 0.817. The molecule has 0 radical (unpaired) electrons. The number of carbonyl (C=O) groups excluding carboxylic acids is 2. The van der Waals surface area contributed by atoms with Gasteiger partial charge < -0.3 is 0 Å². The van der Waals surface area contributed by atoms with Crippen LogP contribution in [0.25, 0.3) is 0 Å². The van der Waals surface area contributed by atoms with Crippen LogP contribution in [0, 0.1) is 0 Å². The maximum atomic E-state index is 11.8. The molecule has 3 heterocycles. The average molecular weight is 522 g/mol. The standard InChI is InChI=1S/C10H17NO2S.2C8H15N3/c1-6(2)11-9(12)5-8(10(11)13)14-7(3)4;1-6(2)8-5-11(7(3)4)10-9-8;1-6(2)8-5-9-10-11(8)7(3)4/h6-8H,5H2,1-4H3;2*5-7H,1-4H3. The number of carbonyl (C=O) groups is 2. The number of likely N-dealkylation sites (tertiary alicyclic amines) is 1. The van der Waals surface area contributed by atoms with Crippen molar-refractivity contribution in [1.29, 1.82) is 0 Å². The molecule has 1 atom stereocenters. The normalized spacial score (nSPS) is 15.9. The van der Waals surface area contributed by atoms with Crippen LogP contribution in [0.4, 0.5) is 0 Å². The van der Waals surface area contributed by atoms with E-state index in [2.05, 4.69) is 76.0 Å². The van der Waals surface area contributed by atoms with Crippen LogP contribution >= 0.6 is 11.8 Å². The number of nitrogens with zero attached hydrogens (tertiary/aromatic N) is 7. The van der Waals surface area contributed by atoms with Gasteiger partial charge in [-0.05, 0) is 58.6 Å². The molecule has 9 nitrogen and oxygen atoms in total. The average Bonchev–Trinajstić information content (AvgIpc) is 3.48. The highest BCUT2D eigenvalue weighted by Gasteiger charge is 2.40. The smallest absolute Gasteiger partial charge is 0.243 e. The zero-order valence-electron chi connectivity index (χ0n) is 24.3. The summed E-state index contributed by atoms with van der Waals surface area (Å²) in [7, 11) is 0. The van der Waals surface area contributed by atoms with E-state index in [9.17, 15) is 9.59 Å². The first-order valence-corrected chi connectivity index (χ1v) is 13.9. The minimum atomic E-state index is -0.148. The molecule has 36 heavy (non-hydrogen) atoms. The van der Waals surface area contributed by atoms with Crippen LogP contribution in [0.5, 0.6) is 0 Å². The third kappa shape index (κ3) is 9.33. The highest BCUT2D eigenvalue weighted by Crippen LogP contribution is 2.29. The number of aromatic nitrogens is 6. The molecule has 2 amide bonds. The van der Waals surface area contributed by atoms with E-state index >= 15 is 0 Å². The van der Waals surface area contributed by atoms with Crippen LogP contribution in [0.2, 0.25) is 0 Å². The van der Waals surface area contributed by atoms with Crippen LogP contribution in [0.1, 0.15) is 125 Å². The number of thioether (sulfide) groups is 1. The monoisotopic (exact) mass is 521 g/mol. The summed E-state index contributed by atoms with van der Waals surface area (Å²) in [5.41, 5.74) is 2.28. The maximum absolute atomic E-state index is 11.8. The first-order chi connectivity index (χ1) is 16.7. The third-order valence-electron chi connectivity index (χ3n) is 5.43. The Kier molecular flexibility index (Phi) is 12.8. The van der Waals surface area contributed by atoms with Gasteiger partial charge in [0, 0.05) is 30.7 Å². The summed E-state index contributed by atoms with van der Waals surface area (Å²) in [5, 5.41) is 16.2. The topological polar surface area (TPSA) is 98.8 Å². The summed E-state index contributed by atoms with van der Waals surface area (Å²) in [4.78, 5) is 24.7. The Morgan fingerprint density at radius 1 is 0.833 bits per heavy atom. The van der Waals surface area contributed by atoms with E-state index in [0.29, 0.717) is 35.6 Å². The number of amides is 2.